The predicted molar refractivity (Wildman–Crippen MR) is 107 cm³/mol. The number of carbonyl (C=O) groups excluding carboxylic acids is 1. The van der Waals surface area contributed by atoms with E-state index < -0.39 is 0 Å². The SMILES string of the molecule is CC(C)N1C(=O)/C(=C\C=C\c2ccccc2)SC1=Nc1ccccc1. The smallest absolute Gasteiger partial charge is 0.266 e. The van der Waals surface area contributed by atoms with Crippen molar-refractivity contribution in [2.24, 2.45) is 4.99 Å². The number of hydrogen-bond acceptors (Lipinski definition) is 3. The minimum Gasteiger partial charge on any atom is -0.284 e. The fraction of sp³-hybridized carbons (Fsp3) is 0.143. The van der Waals surface area contributed by atoms with Crippen LogP contribution in [-0.4, -0.2) is 22.0 Å². The average molecular weight is 348 g/mol. The topological polar surface area (TPSA) is 32.7 Å². The lowest BCUT2D eigenvalue weighted by atomic mass is 10.2. The quantitative estimate of drug-likeness (QED) is 0.707. The Morgan fingerprint density at radius 2 is 1.64 bits per heavy atom. The molecule has 1 amide bonds. The molecule has 3 nitrogen and oxygen atoms in total. The van der Waals surface area contributed by atoms with Gasteiger partial charge < -0.3 is 0 Å². The minimum absolute atomic E-state index is 0.00685. The first-order chi connectivity index (χ1) is 12.1. The third-order valence-corrected chi connectivity index (χ3v) is 4.67. The number of aliphatic imine (C=N–C) groups is 1. The zero-order valence-electron chi connectivity index (χ0n) is 14.3. The number of rotatable bonds is 4. The van der Waals surface area contributed by atoms with E-state index in [-0.39, 0.29) is 11.9 Å². The third kappa shape index (κ3) is 4.28. The average Bonchev–Trinajstić information content (AvgIpc) is 2.92. The predicted octanol–water partition coefficient (Wildman–Crippen LogP) is 5.26. The number of amides is 1. The van der Waals surface area contributed by atoms with Crippen molar-refractivity contribution >= 4 is 34.6 Å². The van der Waals surface area contributed by atoms with E-state index in [9.17, 15) is 4.79 Å². The highest BCUT2D eigenvalue weighted by Crippen LogP contribution is 2.34. The highest BCUT2D eigenvalue weighted by Gasteiger charge is 2.34. The summed E-state index contributed by atoms with van der Waals surface area (Å²) in [5.41, 5.74) is 1.96. The molecule has 2 aromatic carbocycles. The fourth-order valence-electron chi connectivity index (χ4n) is 2.46. The fourth-order valence-corrected chi connectivity index (χ4v) is 3.53. The Labute approximate surface area is 152 Å². The summed E-state index contributed by atoms with van der Waals surface area (Å²) >= 11 is 1.42. The summed E-state index contributed by atoms with van der Waals surface area (Å²) < 4.78 is 0. The van der Waals surface area contributed by atoms with Crippen LogP contribution in [0.15, 0.2) is 82.7 Å². The van der Waals surface area contributed by atoms with Gasteiger partial charge in [-0.25, -0.2) is 4.99 Å². The van der Waals surface area contributed by atoms with Crippen molar-refractivity contribution in [3.63, 3.8) is 0 Å². The van der Waals surface area contributed by atoms with Crippen LogP contribution >= 0.6 is 11.8 Å². The van der Waals surface area contributed by atoms with E-state index in [1.165, 1.54) is 11.8 Å². The lowest BCUT2D eigenvalue weighted by Gasteiger charge is -2.19. The molecule has 0 atom stereocenters. The van der Waals surface area contributed by atoms with E-state index in [1.54, 1.807) is 4.90 Å². The van der Waals surface area contributed by atoms with Crippen molar-refractivity contribution in [2.45, 2.75) is 19.9 Å². The van der Waals surface area contributed by atoms with Gasteiger partial charge in [-0.3, -0.25) is 9.69 Å². The molecular weight excluding hydrogens is 328 g/mol. The van der Waals surface area contributed by atoms with Crippen LogP contribution in [0.2, 0.25) is 0 Å². The maximum atomic E-state index is 12.7. The summed E-state index contributed by atoms with van der Waals surface area (Å²) in [5, 5.41) is 0.727. The molecule has 0 spiro atoms. The number of nitrogens with zero attached hydrogens (tertiary/aromatic N) is 2. The molecule has 0 unspecified atom stereocenters. The van der Waals surface area contributed by atoms with Crippen LogP contribution < -0.4 is 0 Å². The Bertz CT molecular complexity index is 823. The van der Waals surface area contributed by atoms with Gasteiger partial charge in [0.15, 0.2) is 5.17 Å². The monoisotopic (exact) mass is 348 g/mol. The van der Waals surface area contributed by atoms with Gasteiger partial charge in [-0.15, -0.1) is 0 Å². The molecule has 4 heteroatoms. The zero-order chi connectivity index (χ0) is 17.6. The number of thioether (sulfide) groups is 1. The molecule has 1 heterocycles. The second-order valence-electron chi connectivity index (χ2n) is 5.90. The number of amidine groups is 1. The number of carbonyl (C=O) groups is 1. The van der Waals surface area contributed by atoms with Crippen LogP contribution in [0.1, 0.15) is 19.4 Å². The first-order valence-corrected chi connectivity index (χ1v) is 9.05. The molecule has 1 saturated heterocycles. The van der Waals surface area contributed by atoms with Gasteiger partial charge in [-0.05, 0) is 49.4 Å². The van der Waals surface area contributed by atoms with Crippen molar-refractivity contribution < 1.29 is 4.79 Å². The molecular formula is C21H20N2OS. The maximum Gasteiger partial charge on any atom is 0.266 e. The van der Waals surface area contributed by atoms with E-state index in [0.717, 1.165) is 16.4 Å². The van der Waals surface area contributed by atoms with Crippen molar-refractivity contribution in [2.75, 3.05) is 0 Å². The van der Waals surface area contributed by atoms with Gasteiger partial charge in [0.1, 0.15) is 0 Å². The molecule has 0 radical (unpaired) electrons. The van der Waals surface area contributed by atoms with Gasteiger partial charge in [0.25, 0.3) is 5.91 Å². The molecule has 0 aromatic heterocycles. The van der Waals surface area contributed by atoms with Gasteiger partial charge in [0.2, 0.25) is 0 Å². The molecule has 25 heavy (non-hydrogen) atoms. The Morgan fingerprint density at radius 3 is 2.28 bits per heavy atom. The summed E-state index contributed by atoms with van der Waals surface area (Å²) in [6.45, 7) is 4.00. The maximum absolute atomic E-state index is 12.7. The van der Waals surface area contributed by atoms with Crippen LogP contribution in [0.25, 0.3) is 6.08 Å². The lowest BCUT2D eigenvalue weighted by Crippen LogP contribution is -2.35. The molecule has 2 aromatic rings. The summed E-state index contributed by atoms with van der Waals surface area (Å²) in [7, 11) is 0. The Kier molecular flexibility index (Phi) is 5.51. The van der Waals surface area contributed by atoms with Gasteiger partial charge in [0.05, 0.1) is 10.6 Å². The molecule has 0 bridgehead atoms. The summed E-state index contributed by atoms with van der Waals surface area (Å²) in [6.07, 6.45) is 5.77. The van der Waals surface area contributed by atoms with E-state index >= 15 is 0 Å². The van der Waals surface area contributed by atoms with Gasteiger partial charge >= 0.3 is 0 Å². The first-order valence-electron chi connectivity index (χ1n) is 8.24. The second kappa shape index (κ2) is 7.99. The number of benzene rings is 2. The van der Waals surface area contributed by atoms with Gasteiger partial charge in [-0.2, -0.15) is 0 Å². The van der Waals surface area contributed by atoms with Crippen molar-refractivity contribution in [1.82, 2.24) is 4.90 Å². The van der Waals surface area contributed by atoms with Crippen molar-refractivity contribution in [3.05, 3.63) is 83.3 Å². The molecule has 126 valence electrons. The van der Waals surface area contributed by atoms with Gasteiger partial charge in [0, 0.05) is 6.04 Å². The molecule has 1 aliphatic rings. The van der Waals surface area contributed by atoms with Crippen molar-refractivity contribution in [1.29, 1.82) is 0 Å². The Morgan fingerprint density at radius 1 is 1.00 bits per heavy atom. The van der Waals surface area contributed by atoms with E-state index in [4.69, 9.17) is 0 Å². The summed E-state index contributed by atoms with van der Waals surface area (Å²) in [4.78, 5) is 19.8. The number of allylic oxidation sites excluding steroid dienone is 2. The van der Waals surface area contributed by atoms with Crippen LogP contribution in [0.4, 0.5) is 5.69 Å². The van der Waals surface area contributed by atoms with Crippen molar-refractivity contribution in [3.8, 4) is 0 Å². The largest absolute Gasteiger partial charge is 0.284 e. The third-order valence-electron chi connectivity index (χ3n) is 3.67. The van der Waals surface area contributed by atoms with Gasteiger partial charge in [-0.1, -0.05) is 60.7 Å². The molecule has 0 aliphatic carbocycles. The summed E-state index contributed by atoms with van der Waals surface area (Å²) in [5.74, 6) is 0.00685. The minimum atomic E-state index is 0.00685. The number of para-hydroxylation sites is 1. The molecule has 3 rings (SSSR count). The van der Waals surface area contributed by atoms with E-state index in [2.05, 4.69) is 4.99 Å². The van der Waals surface area contributed by atoms with Crippen LogP contribution in [0.5, 0.6) is 0 Å². The Balaban J connectivity index is 1.85. The van der Waals surface area contributed by atoms with E-state index in [1.807, 2.05) is 92.7 Å². The lowest BCUT2D eigenvalue weighted by molar-refractivity contribution is -0.123. The highest BCUT2D eigenvalue weighted by atomic mass is 32.2. The molecule has 0 N–H and O–H groups in total. The highest BCUT2D eigenvalue weighted by molar-refractivity contribution is 8.18. The second-order valence-corrected chi connectivity index (χ2v) is 6.91. The first kappa shape index (κ1) is 17.2. The van der Waals surface area contributed by atoms with Crippen LogP contribution in [0, 0.1) is 0 Å². The summed E-state index contributed by atoms with van der Waals surface area (Å²) in [6, 6.07) is 19.8. The van der Waals surface area contributed by atoms with Crippen LogP contribution in [-0.2, 0) is 4.79 Å². The standard InChI is InChI=1S/C21H20N2OS/c1-16(2)23-20(24)19(15-9-12-17-10-5-3-6-11-17)25-21(23)22-18-13-7-4-8-14-18/h3-16H,1-2H3/b12-9+,19-15+,22-21?. The molecule has 1 aliphatic heterocycles. The zero-order valence-corrected chi connectivity index (χ0v) is 15.1. The number of hydrogen-bond donors (Lipinski definition) is 0. The Hall–Kier alpha value is -2.59. The normalized spacial score (nSPS) is 18.2. The molecule has 1 fully saturated rings. The van der Waals surface area contributed by atoms with E-state index in [0.29, 0.717) is 4.91 Å². The molecule has 0 saturated carbocycles. The van der Waals surface area contributed by atoms with Crippen LogP contribution in [0.3, 0.4) is 0 Å².